The van der Waals surface area contributed by atoms with Crippen LogP contribution >= 0.6 is 11.8 Å². The highest BCUT2D eigenvalue weighted by molar-refractivity contribution is 7.99. The highest BCUT2D eigenvalue weighted by atomic mass is 32.2. The van der Waals surface area contributed by atoms with E-state index in [4.69, 9.17) is 9.47 Å². The van der Waals surface area contributed by atoms with Crippen LogP contribution in [0.2, 0.25) is 0 Å². The minimum atomic E-state index is -0.607. The number of imidazole rings is 1. The number of nitrogens with one attached hydrogen (secondary N) is 2. The monoisotopic (exact) mass is 744 g/mol. The molecule has 4 aromatic heterocycles. The quantitative estimate of drug-likeness (QED) is 0.204. The van der Waals surface area contributed by atoms with Crippen molar-refractivity contribution in [1.82, 2.24) is 38.7 Å². The first kappa shape index (κ1) is 35.7. The predicted molar refractivity (Wildman–Crippen MR) is 202 cm³/mol. The highest BCUT2D eigenvalue weighted by Crippen LogP contribution is 2.30. The first-order valence-corrected chi connectivity index (χ1v) is 19.7. The van der Waals surface area contributed by atoms with E-state index in [1.54, 1.807) is 24.0 Å². The van der Waals surface area contributed by atoms with Crippen LogP contribution in [0.5, 0.6) is 5.75 Å². The summed E-state index contributed by atoms with van der Waals surface area (Å²) in [5, 5.41) is 0.449. The fourth-order valence-electron chi connectivity index (χ4n) is 7.82. The number of hydrogen-bond acceptors (Lipinski definition) is 10. The zero-order chi connectivity index (χ0) is 36.3. The van der Waals surface area contributed by atoms with Crippen LogP contribution in [-0.2, 0) is 10.5 Å². The first-order valence-electron chi connectivity index (χ1n) is 18.6. The fraction of sp³-hybridized carbons (Fsp3) is 0.500. The summed E-state index contributed by atoms with van der Waals surface area (Å²) in [7, 11) is 0. The Morgan fingerprint density at radius 3 is 2.42 bits per heavy atom. The van der Waals surface area contributed by atoms with Gasteiger partial charge in [0.2, 0.25) is 0 Å². The van der Waals surface area contributed by atoms with Crippen molar-refractivity contribution < 1.29 is 13.9 Å². The van der Waals surface area contributed by atoms with E-state index in [0.29, 0.717) is 52.4 Å². The number of aromatic amines is 2. The molecule has 0 bridgehead atoms. The van der Waals surface area contributed by atoms with Gasteiger partial charge in [-0.2, -0.15) is 11.8 Å². The maximum absolute atomic E-state index is 15.0. The van der Waals surface area contributed by atoms with Crippen molar-refractivity contribution in [2.45, 2.75) is 55.4 Å². The number of likely N-dealkylation sites (tertiary alicyclic amines) is 2. The van der Waals surface area contributed by atoms with E-state index < -0.39 is 22.6 Å². The van der Waals surface area contributed by atoms with Crippen LogP contribution in [0.1, 0.15) is 55.8 Å². The van der Waals surface area contributed by atoms with Gasteiger partial charge in [0.15, 0.2) is 0 Å². The van der Waals surface area contributed by atoms with E-state index in [9.17, 15) is 14.4 Å². The van der Waals surface area contributed by atoms with Crippen molar-refractivity contribution in [3.8, 4) is 11.6 Å². The zero-order valence-corrected chi connectivity index (χ0v) is 30.5. The molecule has 2 N–H and O–H groups in total. The molecule has 0 radical (unpaired) electrons. The lowest BCUT2D eigenvalue weighted by Gasteiger charge is -2.36. The van der Waals surface area contributed by atoms with Gasteiger partial charge in [-0.25, -0.2) is 19.2 Å². The fourth-order valence-corrected chi connectivity index (χ4v) is 8.87. The normalized spacial score (nSPS) is 18.7. The van der Waals surface area contributed by atoms with Crippen molar-refractivity contribution >= 4 is 28.3 Å². The average molecular weight is 745 g/mol. The van der Waals surface area contributed by atoms with Crippen molar-refractivity contribution in [3.05, 3.63) is 97.3 Å². The Balaban J connectivity index is 0.778. The lowest BCUT2D eigenvalue weighted by molar-refractivity contribution is 0.1000. The number of aromatic nitrogens is 6. The van der Waals surface area contributed by atoms with Gasteiger partial charge < -0.3 is 24.3 Å². The number of nitrogens with zero attached hydrogens (tertiary/aromatic N) is 6. The van der Waals surface area contributed by atoms with Crippen molar-refractivity contribution in [2.24, 2.45) is 5.92 Å². The summed E-state index contributed by atoms with van der Waals surface area (Å²) in [5.41, 5.74) is 0.990. The van der Waals surface area contributed by atoms with Gasteiger partial charge in [0.25, 0.3) is 11.1 Å². The third kappa shape index (κ3) is 8.27. The topological polar surface area (TPSA) is 143 Å². The largest absolute Gasteiger partial charge is 0.493 e. The number of piperidine rings is 2. The van der Waals surface area contributed by atoms with Crippen LogP contribution < -0.4 is 21.5 Å². The van der Waals surface area contributed by atoms with Gasteiger partial charge in [-0.05, 0) is 94.2 Å². The molecule has 3 aliphatic heterocycles. The molecule has 13 nitrogen and oxygen atoms in total. The van der Waals surface area contributed by atoms with E-state index in [-0.39, 0.29) is 5.39 Å². The molecule has 0 spiro atoms. The van der Waals surface area contributed by atoms with Gasteiger partial charge in [0.1, 0.15) is 34.2 Å². The first-order chi connectivity index (χ1) is 25.9. The number of thioether (sulfide) groups is 1. The maximum atomic E-state index is 15.0. The van der Waals surface area contributed by atoms with Crippen molar-refractivity contribution in [1.29, 1.82) is 0 Å². The van der Waals surface area contributed by atoms with Gasteiger partial charge in [-0.1, -0.05) is 0 Å². The molecule has 5 aromatic rings. The molecule has 3 fully saturated rings. The van der Waals surface area contributed by atoms with Gasteiger partial charge in [0, 0.05) is 62.1 Å². The SMILES string of the molecule is O=c1ccn(-c2cnc3cc(C4CCN(CCN5CCC(COc6cc(F)c7c(=O)[nH]c(CSC8CCOCC8)nc7c6)CC5)CC4)ccn23)c(=O)[nH]1. The molecule has 3 aliphatic rings. The van der Waals surface area contributed by atoms with E-state index >= 15 is 4.39 Å². The zero-order valence-electron chi connectivity index (χ0n) is 29.7. The number of rotatable bonds is 11. The lowest BCUT2D eigenvalue weighted by atomic mass is 9.90. The number of halogens is 1. The third-order valence-electron chi connectivity index (χ3n) is 11.0. The van der Waals surface area contributed by atoms with E-state index in [1.165, 1.54) is 28.5 Å². The van der Waals surface area contributed by atoms with Crippen molar-refractivity contribution in [2.75, 3.05) is 59.1 Å². The van der Waals surface area contributed by atoms with E-state index in [0.717, 1.165) is 96.7 Å². The van der Waals surface area contributed by atoms with Gasteiger partial charge >= 0.3 is 5.69 Å². The van der Waals surface area contributed by atoms with Gasteiger partial charge in [0.05, 0.1) is 24.1 Å². The second-order valence-electron chi connectivity index (χ2n) is 14.4. The smallest absolute Gasteiger partial charge is 0.334 e. The number of H-pyrrole nitrogens is 2. The number of benzene rings is 1. The van der Waals surface area contributed by atoms with Crippen LogP contribution in [0.15, 0.2) is 63.3 Å². The minimum Gasteiger partial charge on any atom is -0.493 e. The summed E-state index contributed by atoms with van der Waals surface area (Å²) in [6.07, 6.45) is 11.3. The number of pyridine rings is 1. The molecule has 0 atom stereocenters. The molecule has 3 saturated heterocycles. The summed E-state index contributed by atoms with van der Waals surface area (Å²) < 4.78 is 29.8. The summed E-state index contributed by atoms with van der Waals surface area (Å²) in [4.78, 5) is 55.8. The molecule has 0 unspecified atom stereocenters. The molecule has 8 rings (SSSR count). The molecule has 0 amide bonds. The molecular formula is C38H45FN8O5S. The Bertz CT molecular complexity index is 2230. The Labute approximate surface area is 309 Å². The van der Waals surface area contributed by atoms with Gasteiger partial charge in [-0.15, -0.1) is 0 Å². The molecule has 0 aliphatic carbocycles. The molecular weight excluding hydrogens is 700 g/mol. The van der Waals surface area contributed by atoms with Crippen LogP contribution in [0.3, 0.4) is 0 Å². The summed E-state index contributed by atoms with van der Waals surface area (Å²) in [6.45, 7) is 8.24. The Morgan fingerprint density at radius 1 is 0.906 bits per heavy atom. The van der Waals surface area contributed by atoms with Crippen LogP contribution in [0.25, 0.3) is 22.4 Å². The van der Waals surface area contributed by atoms with Gasteiger partial charge in [-0.3, -0.25) is 23.5 Å². The second-order valence-corrected chi connectivity index (χ2v) is 15.7. The summed E-state index contributed by atoms with van der Waals surface area (Å²) >= 11 is 1.76. The standard InChI is InChI=1S/C38H45FN8O5S/c39-30-20-28(21-31-36(30)37(49)42-32(41-31)24-53-29-7-17-51-18-8-29)52-23-25-1-9-44(10-2-25)15-16-45-11-3-26(4-12-45)27-5-13-46-33(19-27)40-22-35(46)47-14-6-34(48)43-38(47)50/h5-6,13-14,19-22,25-26,29H,1-4,7-12,15-18,23-24H2,(H,41,42,49)(H,43,48,50). The summed E-state index contributed by atoms with van der Waals surface area (Å²) in [5.74, 6) is 2.36. The molecule has 0 saturated carbocycles. The lowest BCUT2D eigenvalue weighted by Crippen LogP contribution is -2.42. The van der Waals surface area contributed by atoms with E-state index in [1.807, 2.05) is 10.6 Å². The van der Waals surface area contributed by atoms with E-state index in [2.05, 4.69) is 41.9 Å². The molecule has 1 aromatic carbocycles. The Hall–Kier alpha value is -4.31. The molecule has 15 heteroatoms. The minimum absolute atomic E-state index is 0.0239. The maximum Gasteiger partial charge on any atom is 0.334 e. The molecule has 7 heterocycles. The predicted octanol–water partition coefficient (Wildman–Crippen LogP) is 3.93. The third-order valence-corrected chi connectivity index (χ3v) is 12.4. The molecule has 53 heavy (non-hydrogen) atoms. The number of hydrogen-bond donors (Lipinski definition) is 2. The number of fused-ring (bicyclic) bond motifs is 2. The van der Waals surface area contributed by atoms with Crippen LogP contribution in [0.4, 0.5) is 4.39 Å². The second kappa shape index (κ2) is 16.0. The Morgan fingerprint density at radius 2 is 1.66 bits per heavy atom. The summed E-state index contributed by atoms with van der Waals surface area (Å²) in [6, 6.07) is 8.55. The highest BCUT2D eigenvalue weighted by Gasteiger charge is 2.24. The van der Waals surface area contributed by atoms with Crippen LogP contribution in [-0.4, -0.2) is 103 Å². The van der Waals surface area contributed by atoms with Crippen LogP contribution in [0, 0.1) is 11.7 Å². The average Bonchev–Trinajstić information content (AvgIpc) is 3.59. The number of ether oxygens (including phenoxy) is 2. The Kier molecular flexibility index (Phi) is 10.8. The molecule has 280 valence electrons. The van der Waals surface area contributed by atoms with Crippen molar-refractivity contribution in [3.63, 3.8) is 0 Å².